The summed E-state index contributed by atoms with van der Waals surface area (Å²) in [7, 11) is 1.66. The van der Waals surface area contributed by atoms with E-state index in [9.17, 15) is 0 Å². The van der Waals surface area contributed by atoms with E-state index in [1.165, 1.54) is 0 Å². The van der Waals surface area contributed by atoms with Crippen molar-refractivity contribution in [2.45, 2.75) is 13.0 Å². The van der Waals surface area contributed by atoms with Crippen LogP contribution >= 0.6 is 0 Å². The number of benzene rings is 1. The van der Waals surface area contributed by atoms with Gasteiger partial charge in [-0.3, -0.25) is 0 Å². The van der Waals surface area contributed by atoms with Crippen molar-refractivity contribution in [3.8, 4) is 5.75 Å². The highest BCUT2D eigenvalue weighted by Crippen LogP contribution is 2.21. The number of rotatable bonds is 3. The van der Waals surface area contributed by atoms with E-state index >= 15 is 0 Å². The van der Waals surface area contributed by atoms with Crippen molar-refractivity contribution in [2.75, 3.05) is 7.11 Å². The van der Waals surface area contributed by atoms with Crippen LogP contribution in [0.25, 0.3) is 0 Å². The van der Waals surface area contributed by atoms with Gasteiger partial charge in [0.05, 0.1) is 7.11 Å². The lowest BCUT2D eigenvalue weighted by molar-refractivity contribution is 0.411. The number of methoxy groups -OCH3 is 1. The van der Waals surface area contributed by atoms with Gasteiger partial charge in [-0.1, -0.05) is 18.2 Å². The predicted octanol–water partition coefficient (Wildman–Crippen LogP) is 2.19. The molecule has 0 saturated heterocycles. The van der Waals surface area contributed by atoms with Gasteiger partial charge >= 0.3 is 0 Å². The largest absolute Gasteiger partial charge is 0.496 e. The first-order chi connectivity index (χ1) is 6.19. The van der Waals surface area contributed by atoms with Crippen LogP contribution in [-0.2, 0) is 0 Å². The first-order valence-corrected chi connectivity index (χ1v) is 4.21. The zero-order chi connectivity index (χ0) is 9.84. The second kappa shape index (κ2) is 4.10. The Morgan fingerprint density at radius 3 is 2.69 bits per heavy atom. The van der Waals surface area contributed by atoms with E-state index in [2.05, 4.69) is 6.58 Å². The minimum absolute atomic E-state index is 0.0930. The molecule has 0 aliphatic heterocycles. The Labute approximate surface area is 79.0 Å². The highest BCUT2D eigenvalue weighted by molar-refractivity contribution is 5.38. The molecular formula is C11H15NO. The van der Waals surface area contributed by atoms with E-state index in [4.69, 9.17) is 10.5 Å². The molecule has 0 heterocycles. The molecule has 0 fully saturated rings. The Morgan fingerprint density at radius 2 is 2.23 bits per heavy atom. The van der Waals surface area contributed by atoms with Gasteiger partial charge in [0.2, 0.25) is 0 Å². The van der Waals surface area contributed by atoms with Gasteiger partial charge in [0, 0.05) is 6.04 Å². The zero-order valence-electron chi connectivity index (χ0n) is 8.08. The Kier molecular flexibility index (Phi) is 3.09. The highest BCUT2D eigenvalue weighted by Gasteiger charge is 2.03. The van der Waals surface area contributed by atoms with Crippen LogP contribution in [0.3, 0.4) is 0 Å². The molecule has 0 amide bonds. The Balaban J connectivity index is 3.02. The molecule has 2 heteroatoms. The third-order valence-corrected chi connectivity index (χ3v) is 2.06. The lowest BCUT2D eigenvalue weighted by Gasteiger charge is -2.10. The molecule has 0 spiro atoms. The fraction of sp³-hybridized carbons (Fsp3) is 0.273. The van der Waals surface area contributed by atoms with Crippen LogP contribution in [0.2, 0.25) is 0 Å². The molecule has 1 aromatic carbocycles. The van der Waals surface area contributed by atoms with Gasteiger partial charge in [-0.15, -0.1) is 6.58 Å². The standard InChI is InChI=1S/C11H15NO/c1-4-10(12)9-5-6-11(13-3)8(2)7-9/h4-7,10H,1,12H2,2-3H3. The maximum atomic E-state index is 5.80. The SMILES string of the molecule is C=CC(N)c1ccc(OC)c(C)c1. The summed E-state index contributed by atoms with van der Waals surface area (Å²) in [5.74, 6) is 0.889. The molecule has 0 aromatic heterocycles. The summed E-state index contributed by atoms with van der Waals surface area (Å²) in [5.41, 5.74) is 7.95. The van der Waals surface area contributed by atoms with E-state index in [1.54, 1.807) is 13.2 Å². The molecule has 1 aromatic rings. The average Bonchev–Trinajstić information content (AvgIpc) is 2.16. The number of hydrogen-bond acceptors (Lipinski definition) is 2. The molecule has 2 N–H and O–H groups in total. The second-order valence-electron chi connectivity index (χ2n) is 2.99. The lowest BCUT2D eigenvalue weighted by atomic mass is 10.0. The fourth-order valence-electron chi connectivity index (χ4n) is 1.25. The second-order valence-corrected chi connectivity index (χ2v) is 2.99. The molecule has 0 saturated carbocycles. The van der Waals surface area contributed by atoms with Crippen molar-refractivity contribution >= 4 is 0 Å². The Morgan fingerprint density at radius 1 is 1.54 bits per heavy atom. The third-order valence-electron chi connectivity index (χ3n) is 2.06. The van der Waals surface area contributed by atoms with Crippen LogP contribution in [0.4, 0.5) is 0 Å². The van der Waals surface area contributed by atoms with E-state index in [1.807, 2.05) is 25.1 Å². The first kappa shape index (κ1) is 9.81. The smallest absolute Gasteiger partial charge is 0.121 e. The van der Waals surface area contributed by atoms with Crippen LogP contribution < -0.4 is 10.5 Å². The van der Waals surface area contributed by atoms with Crippen LogP contribution in [0.1, 0.15) is 17.2 Å². The molecule has 70 valence electrons. The van der Waals surface area contributed by atoms with Crippen LogP contribution in [0.15, 0.2) is 30.9 Å². The van der Waals surface area contributed by atoms with E-state index < -0.39 is 0 Å². The number of ether oxygens (including phenoxy) is 1. The quantitative estimate of drug-likeness (QED) is 0.718. The topological polar surface area (TPSA) is 35.2 Å². The number of nitrogens with two attached hydrogens (primary N) is 1. The van der Waals surface area contributed by atoms with E-state index in [0.29, 0.717) is 0 Å². The van der Waals surface area contributed by atoms with Gasteiger partial charge in [-0.05, 0) is 24.1 Å². The fourth-order valence-corrected chi connectivity index (χ4v) is 1.25. The molecule has 2 nitrogen and oxygen atoms in total. The van der Waals surface area contributed by atoms with Gasteiger partial charge in [-0.2, -0.15) is 0 Å². The molecule has 13 heavy (non-hydrogen) atoms. The summed E-state index contributed by atoms with van der Waals surface area (Å²) in [6, 6.07) is 5.81. The molecular weight excluding hydrogens is 162 g/mol. The van der Waals surface area contributed by atoms with E-state index in [0.717, 1.165) is 16.9 Å². The maximum absolute atomic E-state index is 5.80. The number of aryl methyl sites for hydroxylation is 1. The van der Waals surface area contributed by atoms with Crippen molar-refractivity contribution in [2.24, 2.45) is 5.73 Å². The zero-order valence-corrected chi connectivity index (χ0v) is 8.08. The Bertz CT molecular complexity index is 307. The number of hydrogen-bond donors (Lipinski definition) is 1. The van der Waals surface area contributed by atoms with Crippen LogP contribution in [0.5, 0.6) is 5.75 Å². The van der Waals surface area contributed by atoms with Gasteiger partial charge in [0.1, 0.15) is 5.75 Å². The van der Waals surface area contributed by atoms with Gasteiger partial charge in [-0.25, -0.2) is 0 Å². The normalized spacial score (nSPS) is 12.2. The minimum atomic E-state index is -0.0930. The molecule has 0 bridgehead atoms. The molecule has 1 atom stereocenters. The van der Waals surface area contributed by atoms with E-state index in [-0.39, 0.29) is 6.04 Å². The van der Waals surface area contributed by atoms with Crippen LogP contribution in [0, 0.1) is 6.92 Å². The Hall–Kier alpha value is -1.28. The summed E-state index contributed by atoms with van der Waals surface area (Å²) in [5, 5.41) is 0. The first-order valence-electron chi connectivity index (χ1n) is 4.21. The summed E-state index contributed by atoms with van der Waals surface area (Å²) >= 11 is 0. The molecule has 0 aliphatic carbocycles. The molecule has 1 unspecified atom stereocenters. The summed E-state index contributed by atoms with van der Waals surface area (Å²) in [6.07, 6.45) is 1.72. The molecule has 1 rings (SSSR count). The molecule has 0 aliphatic rings. The van der Waals surface area contributed by atoms with Crippen molar-refractivity contribution < 1.29 is 4.74 Å². The van der Waals surface area contributed by atoms with Crippen molar-refractivity contribution in [1.29, 1.82) is 0 Å². The monoisotopic (exact) mass is 177 g/mol. The van der Waals surface area contributed by atoms with Crippen molar-refractivity contribution in [1.82, 2.24) is 0 Å². The summed E-state index contributed by atoms with van der Waals surface area (Å²) in [4.78, 5) is 0. The lowest BCUT2D eigenvalue weighted by Crippen LogP contribution is -2.06. The average molecular weight is 177 g/mol. The predicted molar refractivity (Wildman–Crippen MR) is 54.9 cm³/mol. The molecule has 0 radical (unpaired) electrons. The minimum Gasteiger partial charge on any atom is -0.496 e. The van der Waals surface area contributed by atoms with Gasteiger partial charge in [0.15, 0.2) is 0 Å². The van der Waals surface area contributed by atoms with Crippen molar-refractivity contribution in [3.63, 3.8) is 0 Å². The van der Waals surface area contributed by atoms with Crippen LogP contribution in [-0.4, -0.2) is 7.11 Å². The maximum Gasteiger partial charge on any atom is 0.121 e. The third kappa shape index (κ3) is 2.10. The highest BCUT2D eigenvalue weighted by atomic mass is 16.5. The summed E-state index contributed by atoms with van der Waals surface area (Å²) < 4.78 is 5.15. The van der Waals surface area contributed by atoms with Gasteiger partial charge < -0.3 is 10.5 Å². The van der Waals surface area contributed by atoms with Gasteiger partial charge in [0.25, 0.3) is 0 Å². The van der Waals surface area contributed by atoms with Crippen molar-refractivity contribution in [3.05, 3.63) is 42.0 Å². The summed E-state index contributed by atoms with van der Waals surface area (Å²) in [6.45, 7) is 5.65.